The minimum atomic E-state index is 0.507. The summed E-state index contributed by atoms with van der Waals surface area (Å²) < 4.78 is 0. The van der Waals surface area contributed by atoms with Crippen LogP contribution in [0.15, 0.2) is 0 Å². The van der Waals surface area contributed by atoms with E-state index < -0.39 is 0 Å². The van der Waals surface area contributed by atoms with Crippen molar-refractivity contribution < 1.29 is 0 Å². The molecule has 0 aromatic carbocycles. The molecule has 0 aromatic rings. The Hall–Kier alpha value is -0.0400. The Kier molecular flexibility index (Phi) is 4.69. The highest BCUT2D eigenvalue weighted by Gasteiger charge is 2.37. The Morgan fingerprint density at radius 3 is 2.50 bits per heavy atom. The molecule has 0 saturated heterocycles. The van der Waals surface area contributed by atoms with Gasteiger partial charge in [0.25, 0.3) is 0 Å². The van der Waals surface area contributed by atoms with Gasteiger partial charge in [-0.2, -0.15) is 0 Å². The van der Waals surface area contributed by atoms with E-state index in [2.05, 4.69) is 6.92 Å². The van der Waals surface area contributed by atoms with Crippen LogP contribution in [0.5, 0.6) is 0 Å². The van der Waals surface area contributed by atoms with Gasteiger partial charge < -0.3 is 5.73 Å². The summed E-state index contributed by atoms with van der Waals surface area (Å²) in [6, 6.07) is 0.507. The van der Waals surface area contributed by atoms with Crippen molar-refractivity contribution in [2.24, 2.45) is 23.5 Å². The fraction of sp³-hybridized carbons (Fsp3) is 1.00. The molecule has 0 bridgehead atoms. The topological polar surface area (TPSA) is 26.0 Å². The number of nitrogens with two attached hydrogens (primary N) is 1. The molecule has 1 nitrogen and oxygen atoms in total. The van der Waals surface area contributed by atoms with Gasteiger partial charge in [0, 0.05) is 6.04 Å². The zero-order chi connectivity index (χ0) is 11.4. The number of hydrogen-bond acceptors (Lipinski definition) is 1. The molecule has 16 heavy (non-hydrogen) atoms. The minimum absolute atomic E-state index is 0.507. The molecule has 2 aliphatic carbocycles. The minimum Gasteiger partial charge on any atom is -0.327 e. The molecule has 1 heteroatoms. The molecule has 2 saturated carbocycles. The van der Waals surface area contributed by atoms with E-state index in [1.54, 1.807) is 0 Å². The molecule has 0 radical (unpaired) electrons. The molecule has 3 atom stereocenters. The molecule has 2 N–H and O–H groups in total. The zero-order valence-corrected chi connectivity index (χ0v) is 11.0. The molecule has 2 fully saturated rings. The summed E-state index contributed by atoms with van der Waals surface area (Å²) in [6.07, 6.45) is 14.2. The molecule has 0 amide bonds. The van der Waals surface area contributed by atoms with Crippen molar-refractivity contribution in [1.82, 2.24) is 0 Å². The Morgan fingerprint density at radius 1 is 1.06 bits per heavy atom. The summed E-state index contributed by atoms with van der Waals surface area (Å²) >= 11 is 0. The SMILES string of the molecule is CCCCC(N)C1CCCC1C1CCCC1. The number of hydrogen-bond donors (Lipinski definition) is 1. The molecule has 0 heterocycles. The second-order valence-electron chi connectivity index (χ2n) is 6.11. The first kappa shape index (κ1) is 12.4. The third-order valence-electron chi connectivity index (χ3n) is 5.07. The van der Waals surface area contributed by atoms with Crippen molar-refractivity contribution in [3.05, 3.63) is 0 Å². The Morgan fingerprint density at radius 2 is 1.81 bits per heavy atom. The van der Waals surface area contributed by atoms with Crippen LogP contribution in [-0.4, -0.2) is 6.04 Å². The van der Waals surface area contributed by atoms with E-state index in [9.17, 15) is 0 Å². The van der Waals surface area contributed by atoms with Gasteiger partial charge in [-0.1, -0.05) is 51.9 Å². The van der Waals surface area contributed by atoms with E-state index in [0.29, 0.717) is 6.04 Å². The average molecular weight is 223 g/mol. The highest BCUT2D eigenvalue weighted by atomic mass is 14.7. The smallest absolute Gasteiger partial charge is 0.00699 e. The standard InChI is InChI=1S/C15H29N/c1-2-3-11-15(16)14-10-6-9-13(14)12-7-4-5-8-12/h12-15H,2-11,16H2,1H3. The maximum atomic E-state index is 6.42. The van der Waals surface area contributed by atoms with Crippen LogP contribution in [0.1, 0.15) is 71.1 Å². The monoisotopic (exact) mass is 223 g/mol. The van der Waals surface area contributed by atoms with Crippen LogP contribution in [0.25, 0.3) is 0 Å². The van der Waals surface area contributed by atoms with Crippen LogP contribution in [0.2, 0.25) is 0 Å². The van der Waals surface area contributed by atoms with Gasteiger partial charge in [-0.25, -0.2) is 0 Å². The van der Waals surface area contributed by atoms with Gasteiger partial charge in [-0.05, 0) is 37.0 Å². The highest BCUT2D eigenvalue weighted by molar-refractivity contribution is 4.90. The van der Waals surface area contributed by atoms with E-state index in [4.69, 9.17) is 5.73 Å². The highest BCUT2D eigenvalue weighted by Crippen LogP contribution is 2.45. The number of rotatable bonds is 5. The molecule has 3 unspecified atom stereocenters. The third kappa shape index (κ3) is 2.80. The zero-order valence-electron chi connectivity index (χ0n) is 11.0. The van der Waals surface area contributed by atoms with Crippen LogP contribution in [0, 0.1) is 17.8 Å². The van der Waals surface area contributed by atoms with Crippen LogP contribution < -0.4 is 5.73 Å². The molecule has 2 aliphatic rings. The summed E-state index contributed by atoms with van der Waals surface area (Å²) in [5.41, 5.74) is 6.42. The molecule has 0 spiro atoms. The fourth-order valence-electron chi connectivity index (χ4n) is 4.17. The summed E-state index contributed by atoms with van der Waals surface area (Å²) in [4.78, 5) is 0. The Bertz CT molecular complexity index is 196. The molecule has 94 valence electrons. The van der Waals surface area contributed by atoms with Gasteiger partial charge >= 0.3 is 0 Å². The third-order valence-corrected chi connectivity index (χ3v) is 5.07. The molecular weight excluding hydrogens is 194 g/mol. The Labute approximate surface area is 101 Å². The lowest BCUT2D eigenvalue weighted by atomic mass is 9.78. The van der Waals surface area contributed by atoms with Crippen molar-refractivity contribution >= 4 is 0 Å². The first-order valence-corrected chi connectivity index (χ1v) is 7.58. The van der Waals surface area contributed by atoms with Gasteiger partial charge in [0.05, 0.1) is 0 Å². The lowest BCUT2D eigenvalue weighted by Gasteiger charge is -2.30. The van der Waals surface area contributed by atoms with E-state index in [1.807, 2.05) is 0 Å². The van der Waals surface area contributed by atoms with Gasteiger partial charge in [-0.3, -0.25) is 0 Å². The van der Waals surface area contributed by atoms with E-state index >= 15 is 0 Å². The van der Waals surface area contributed by atoms with Crippen molar-refractivity contribution in [2.75, 3.05) is 0 Å². The van der Waals surface area contributed by atoms with Crippen LogP contribution in [0.3, 0.4) is 0 Å². The first-order valence-electron chi connectivity index (χ1n) is 7.58. The lowest BCUT2D eigenvalue weighted by Crippen LogP contribution is -2.34. The van der Waals surface area contributed by atoms with Crippen molar-refractivity contribution in [2.45, 2.75) is 77.2 Å². The lowest BCUT2D eigenvalue weighted by molar-refractivity contribution is 0.225. The quantitative estimate of drug-likeness (QED) is 0.745. The maximum Gasteiger partial charge on any atom is 0.00699 e. The van der Waals surface area contributed by atoms with Crippen LogP contribution in [0.4, 0.5) is 0 Å². The van der Waals surface area contributed by atoms with Crippen molar-refractivity contribution in [3.63, 3.8) is 0 Å². The van der Waals surface area contributed by atoms with Crippen molar-refractivity contribution in [1.29, 1.82) is 0 Å². The number of unbranched alkanes of at least 4 members (excludes halogenated alkanes) is 1. The molecular formula is C15H29N. The molecule has 0 aliphatic heterocycles. The predicted octanol–water partition coefficient (Wildman–Crippen LogP) is 4.11. The second kappa shape index (κ2) is 6.05. The second-order valence-corrected chi connectivity index (χ2v) is 6.11. The predicted molar refractivity (Wildman–Crippen MR) is 70.3 cm³/mol. The Balaban J connectivity index is 1.86. The average Bonchev–Trinajstić information content (AvgIpc) is 2.94. The van der Waals surface area contributed by atoms with E-state index in [-0.39, 0.29) is 0 Å². The van der Waals surface area contributed by atoms with Gasteiger partial charge in [0.15, 0.2) is 0 Å². The summed E-state index contributed by atoms with van der Waals surface area (Å²) in [5, 5.41) is 0. The normalized spacial score (nSPS) is 33.4. The van der Waals surface area contributed by atoms with Gasteiger partial charge in [-0.15, -0.1) is 0 Å². The summed E-state index contributed by atoms with van der Waals surface area (Å²) in [6.45, 7) is 2.27. The largest absolute Gasteiger partial charge is 0.327 e. The van der Waals surface area contributed by atoms with Crippen LogP contribution in [-0.2, 0) is 0 Å². The first-order chi connectivity index (χ1) is 7.83. The van der Waals surface area contributed by atoms with Gasteiger partial charge in [0.2, 0.25) is 0 Å². The van der Waals surface area contributed by atoms with E-state index in [0.717, 1.165) is 17.8 Å². The van der Waals surface area contributed by atoms with Crippen molar-refractivity contribution in [3.8, 4) is 0 Å². The maximum absolute atomic E-state index is 6.42. The molecule has 2 rings (SSSR count). The fourth-order valence-corrected chi connectivity index (χ4v) is 4.17. The van der Waals surface area contributed by atoms with Crippen LogP contribution >= 0.6 is 0 Å². The molecule has 0 aromatic heterocycles. The summed E-state index contributed by atoms with van der Waals surface area (Å²) in [5.74, 6) is 2.91. The van der Waals surface area contributed by atoms with E-state index in [1.165, 1.54) is 64.2 Å². The van der Waals surface area contributed by atoms with Gasteiger partial charge in [0.1, 0.15) is 0 Å². The summed E-state index contributed by atoms with van der Waals surface area (Å²) in [7, 11) is 0.